The monoisotopic (exact) mass is 1780 g/mol. The lowest BCUT2D eigenvalue weighted by atomic mass is 9.95. The summed E-state index contributed by atoms with van der Waals surface area (Å²) in [5.41, 5.74) is 62.5. The van der Waals surface area contributed by atoms with Gasteiger partial charge in [0.05, 0.1) is 49.7 Å². The highest BCUT2D eigenvalue weighted by Gasteiger charge is 2.38. The summed E-state index contributed by atoms with van der Waals surface area (Å²) in [5.74, 6) is 0. The van der Waals surface area contributed by atoms with Gasteiger partial charge in [-0.15, -0.1) is 0 Å². The van der Waals surface area contributed by atoms with Crippen LogP contribution in [0.2, 0.25) is 0 Å². The minimum atomic E-state index is 0.879. The van der Waals surface area contributed by atoms with E-state index in [0.717, 1.165) is 206 Å². The molecule has 0 saturated carbocycles. The standard InChI is InChI=1S/4C31H18N4/c1-2-6-19-17(5-1)15-24-20(19)10-9-18-16-25-21(27(18)24)11-12-26-29(25)34-31-23-8-3-13-32-28(23)22-7-4-14-33-30(22)35(26)31;1-2-6-19-17(5-1)15-24-20(19)10-9-18-16-25-21(27(18)24)11-12-26-28(25)34-31-29-22(7-3-13-32-29)23-8-4-14-33-30(23)35(26)31;1-2-5-19-17(4-1)14-24-20(19)8-7-18-15-25-22(28(18)24)9-10-27-29(25)34-31-26-16-32-13-11-21(26)23-6-3-12-33-30(23)35(27)31;1-2-5-19-17(4-1)14-24-20(19)8-7-18-15-25-21(28(18)24)9-10-27-29(25)34-31-23-11-13-32-16-26(23)22-6-3-12-33-30(22)35(27)31/h2*1-14H,15-16H2;2*1-13,16H,14-15H2. The number of imidazole rings is 4. The third-order valence-electron chi connectivity index (χ3n) is 31.9. The van der Waals surface area contributed by atoms with Crippen molar-refractivity contribution in [3.8, 4) is 89.0 Å². The van der Waals surface area contributed by atoms with Crippen LogP contribution in [0.1, 0.15) is 89.0 Å². The summed E-state index contributed by atoms with van der Waals surface area (Å²) in [5, 5.41) is 10.9. The highest BCUT2D eigenvalue weighted by molar-refractivity contribution is 6.18. The first-order valence-corrected chi connectivity index (χ1v) is 48.2. The normalized spacial score (nSPS) is 13.5. The highest BCUT2D eigenvalue weighted by atomic mass is 15.1. The number of aromatic nitrogens is 16. The molecule has 16 heterocycles. The molecule has 140 heavy (non-hydrogen) atoms. The molecule has 12 aromatic carbocycles. The van der Waals surface area contributed by atoms with Crippen LogP contribution in [0.25, 0.3) is 243 Å². The van der Waals surface area contributed by atoms with Gasteiger partial charge in [0, 0.05) is 136 Å². The summed E-state index contributed by atoms with van der Waals surface area (Å²) in [6.45, 7) is 0. The van der Waals surface area contributed by atoms with Crippen LogP contribution in [-0.4, -0.2) is 77.4 Å². The molecule has 0 radical (unpaired) electrons. The van der Waals surface area contributed by atoms with Crippen molar-refractivity contribution in [1.82, 2.24) is 77.4 Å². The smallest absolute Gasteiger partial charge is 0.166 e. The first-order chi connectivity index (χ1) is 69.5. The lowest BCUT2D eigenvalue weighted by Crippen LogP contribution is -1.95. The third kappa shape index (κ3) is 10.1. The maximum absolute atomic E-state index is 5.28. The van der Waals surface area contributed by atoms with E-state index >= 15 is 0 Å². The van der Waals surface area contributed by atoms with Gasteiger partial charge in [0.1, 0.15) is 45.0 Å². The fourth-order valence-corrected chi connectivity index (χ4v) is 26.1. The number of rotatable bonds is 0. The topological polar surface area (TPSA) is 172 Å². The molecule has 0 unspecified atom stereocenters. The Labute approximate surface area is 796 Å². The summed E-state index contributed by atoms with van der Waals surface area (Å²) in [4.78, 5) is 58.4. The fourth-order valence-electron chi connectivity index (χ4n) is 26.1. The van der Waals surface area contributed by atoms with Crippen molar-refractivity contribution in [2.45, 2.75) is 51.4 Å². The van der Waals surface area contributed by atoms with Gasteiger partial charge in [0.25, 0.3) is 0 Å². The van der Waals surface area contributed by atoms with Crippen molar-refractivity contribution in [3.63, 3.8) is 0 Å². The number of fused-ring (bicyclic) bond motifs is 64. The predicted octanol–water partition coefficient (Wildman–Crippen LogP) is 26.9. The van der Waals surface area contributed by atoms with E-state index in [4.69, 9.17) is 49.8 Å². The van der Waals surface area contributed by atoms with E-state index in [1.165, 1.54) is 178 Å². The van der Waals surface area contributed by atoms with Gasteiger partial charge in [-0.05, 0) is 312 Å². The third-order valence-corrected chi connectivity index (χ3v) is 31.9. The predicted molar refractivity (Wildman–Crippen MR) is 559 cm³/mol. The zero-order valence-corrected chi connectivity index (χ0v) is 75.1. The van der Waals surface area contributed by atoms with E-state index in [2.05, 4.69) is 270 Å². The first kappa shape index (κ1) is 75.1. The van der Waals surface area contributed by atoms with Crippen LogP contribution in [-0.2, 0) is 51.4 Å². The molecular weight excluding hydrogens is 1710 g/mol. The second-order valence-electron chi connectivity index (χ2n) is 38.6. The minimum Gasteiger partial charge on any atom is -0.276 e. The van der Waals surface area contributed by atoms with Crippen LogP contribution in [0, 0.1) is 0 Å². The van der Waals surface area contributed by atoms with Gasteiger partial charge in [0.15, 0.2) is 5.65 Å². The molecule has 8 aliphatic carbocycles. The molecule has 0 saturated heterocycles. The molecule has 16 aromatic heterocycles. The van der Waals surface area contributed by atoms with Gasteiger partial charge < -0.3 is 0 Å². The Kier molecular flexibility index (Phi) is 14.9. The lowest BCUT2D eigenvalue weighted by molar-refractivity contribution is 1.22. The Bertz CT molecular complexity index is 9460. The molecule has 648 valence electrons. The molecule has 0 fully saturated rings. The highest BCUT2D eigenvalue weighted by Crippen LogP contribution is 2.56. The fraction of sp³-hybridized carbons (Fsp3) is 0.0645. The Balaban J connectivity index is 0.0000000829. The maximum Gasteiger partial charge on any atom is 0.166 e. The van der Waals surface area contributed by atoms with Gasteiger partial charge in [-0.25, -0.2) is 39.9 Å². The molecule has 28 aromatic rings. The molecular formula is C124H72N16. The van der Waals surface area contributed by atoms with Gasteiger partial charge in [0.2, 0.25) is 0 Å². The largest absolute Gasteiger partial charge is 0.276 e. The summed E-state index contributed by atoms with van der Waals surface area (Å²) >= 11 is 0. The molecule has 0 aliphatic heterocycles. The van der Waals surface area contributed by atoms with E-state index < -0.39 is 0 Å². The Morgan fingerprint density at radius 3 is 0.843 bits per heavy atom. The van der Waals surface area contributed by atoms with Crippen molar-refractivity contribution in [3.05, 3.63) is 430 Å². The van der Waals surface area contributed by atoms with Crippen LogP contribution in [0.5, 0.6) is 0 Å². The molecule has 16 heteroatoms. The molecule has 0 amide bonds. The van der Waals surface area contributed by atoms with Crippen LogP contribution < -0.4 is 0 Å². The van der Waals surface area contributed by atoms with E-state index in [0.29, 0.717) is 0 Å². The van der Waals surface area contributed by atoms with Gasteiger partial charge in [-0.3, -0.25) is 37.5 Å². The number of hydrogen-bond acceptors (Lipinski definition) is 12. The van der Waals surface area contributed by atoms with Crippen LogP contribution >= 0.6 is 0 Å². The molecule has 0 spiro atoms. The summed E-state index contributed by atoms with van der Waals surface area (Å²) in [6, 6.07) is 101. The summed E-state index contributed by atoms with van der Waals surface area (Å²) in [7, 11) is 0. The number of benzene rings is 12. The average molecular weight is 1790 g/mol. The Morgan fingerprint density at radius 1 is 0.157 bits per heavy atom. The van der Waals surface area contributed by atoms with Crippen LogP contribution in [0.4, 0.5) is 0 Å². The molecule has 16 nitrogen and oxygen atoms in total. The second-order valence-corrected chi connectivity index (χ2v) is 38.6. The van der Waals surface area contributed by atoms with Gasteiger partial charge in [-0.2, -0.15) is 0 Å². The van der Waals surface area contributed by atoms with Crippen molar-refractivity contribution in [2.75, 3.05) is 0 Å². The SMILES string of the molecule is c1ccc2c(c1)Cc1c-2ccc2c1-c1ccc3c(nc4c5cccnc5c5cccnc5n34)c1C2.c1ccc2c(c1)Cc1c-2ccc2c1-c1ccc3c(nc4c5ccncc5c5cccnc5n34)c1C2.c1ccc2c(c1)Cc1c-2ccc2c1-c1ccc3c(nc4c5cnccc5c5cccnc5n34)c1C2.c1ccc2c(c1)Cc1c-2ccc2c1-c1ccc3c(nc4c5ncccc5c5cccnc5n34)c1C2. The zero-order chi connectivity index (χ0) is 90.7. The summed E-state index contributed by atoms with van der Waals surface area (Å²) in [6.07, 6.45) is 26.4. The first-order valence-electron chi connectivity index (χ1n) is 48.2. The van der Waals surface area contributed by atoms with Crippen molar-refractivity contribution < 1.29 is 0 Å². The molecule has 8 aliphatic rings. The van der Waals surface area contributed by atoms with Gasteiger partial charge in [-0.1, -0.05) is 176 Å². The second kappa shape index (κ2) is 27.7. The molecule has 0 bridgehead atoms. The van der Waals surface area contributed by atoms with Crippen molar-refractivity contribution >= 4 is 154 Å². The van der Waals surface area contributed by atoms with Crippen molar-refractivity contribution in [2.24, 2.45) is 0 Å². The number of hydrogen-bond donors (Lipinski definition) is 0. The van der Waals surface area contributed by atoms with E-state index in [-0.39, 0.29) is 0 Å². The van der Waals surface area contributed by atoms with Gasteiger partial charge >= 0.3 is 0 Å². The van der Waals surface area contributed by atoms with E-state index in [1.807, 2.05) is 98.4 Å². The van der Waals surface area contributed by atoms with Crippen molar-refractivity contribution in [1.29, 1.82) is 0 Å². The van der Waals surface area contributed by atoms with Crippen LogP contribution in [0.3, 0.4) is 0 Å². The number of pyridine rings is 12. The molecule has 0 atom stereocenters. The minimum absolute atomic E-state index is 0.879. The quantitative estimate of drug-likeness (QED) is 0.132. The van der Waals surface area contributed by atoms with E-state index in [9.17, 15) is 0 Å². The Morgan fingerprint density at radius 2 is 0.436 bits per heavy atom. The number of nitrogens with zero attached hydrogens (tertiary/aromatic N) is 16. The van der Waals surface area contributed by atoms with Crippen LogP contribution in [0.15, 0.2) is 341 Å². The van der Waals surface area contributed by atoms with E-state index in [1.54, 1.807) is 0 Å². The molecule has 36 rings (SSSR count). The lowest BCUT2D eigenvalue weighted by Gasteiger charge is -2.09. The summed E-state index contributed by atoms with van der Waals surface area (Å²) < 4.78 is 8.87. The molecule has 0 N–H and O–H groups in total. The average Bonchev–Trinajstić information content (AvgIpc) is 1.55. The maximum atomic E-state index is 5.28. The zero-order valence-electron chi connectivity index (χ0n) is 75.1. The Hall–Kier alpha value is -18.3.